The Labute approximate surface area is 189 Å². The summed E-state index contributed by atoms with van der Waals surface area (Å²) in [5.74, 6) is -0.0452. The Bertz CT molecular complexity index is 1080. The van der Waals surface area contributed by atoms with Gasteiger partial charge in [-0.05, 0) is 56.0 Å². The zero-order valence-electron chi connectivity index (χ0n) is 18.8. The summed E-state index contributed by atoms with van der Waals surface area (Å²) < 4.78 is 1.96. The minimum atomic E-state index is -0.0452. The number of rotatable bonds is 6. The number of para-hydroxylation sites is 1. The van der Waals surface area contributed by atoms with Gasteiger partial charge in [0.1, 0.15) is 0 Å². The van der Waals surface area contributed by atoms with Crippen LogP contribution in [-0.2, 0) is 12.8 Å². The van der Waals surface area contributed by atoms with Crippen molar-refractivity contribution in [3.63, 3.8) is 0 Å². The van der Waals surface area contributed by atoms with Gasteiger partial charge in [0.25, 0.3) is 5.91 Å². The van der Waals surface area contributed by atoms with Gasteiger partial charge in [-0.15, -0.1) is 0 Å². The van der Waals surface area contributed by atoms with E-state index in [1.165, 1.54) is 16.9 Å². The van der Waals surface area contributed by atoms with Gasteiger partial charge in [0.15, 0.2) is 5.69 Å². The van der Waals surface area contributed by atoms with Gasteiger partial charge in [-0.2, -0.15) is 5.10 Å². The number of fused-ring (bicyclic) bond motifs is 1. The Morgan fingerprint density at radius 3 is 2.53 bits per heavy atom. The minimum Gasteiger partial charge on any atom is -0.369 e. The van der Waals surface area contributed by atoms with Crippen molar-refractivity contribution in [2.75, 3.05) is 44.2 Å². The summed E-state index contributed by atoms with van der Waals surface area (Å²) in [5, 5.41) is 7.82. The van der Waals surface area contributed by atoms with Gasteiger partial charge in [-0.3, -0.25) is 9.69 Å². The third kappa shape index (κ3) is 4.28. The number of benzene rings is 2. The third-order valence-corrected chi connectivity index (χ3v) is 6.60. The fraction of sp³-hybridized carbons (Fsp3) is 0.385. The molecule has 2 heterocycles. The van der Waals surface area contributed by atoms with E-state index in [-0.39, 0.29) is 5.91 Å². The number of nitrogens with one attached hydrogen (secondary N) is 1. The van der Waals surface area contributed by atoms with Gasteiger partial charge in [0, 0.05) is 56.2 Å². The minimum absolute atomic E-state index is 0.0452. The monoisotopic (exact) mass is 429 g/mol. The van der Waals surface area contributed by atoms with Crippen molar-refractivity contribution >= 4 is 11.6 Å². The molecular formula is C26H31N5O. The number of aromatic nitrogens is 2. The normalized spacial score (nSPS) is 16.2. The van der Waals surface area contributed by atoms with Crippen LogP contribution in [0.1, 0.15) is 33.7 Å². The molecule has 1 aromatic heterocycles. The summed E-state index contributed by atoms with van der Waals surface area (Å²) in [4.78, 5) is 17.8. The molecule has 1 aliphatic heterocycles. The third-order valence-electron chi connectivity index (χ3n) is 6.60. The number of piperazine rings is 1. The number of anilines is 1. The van der Waals surface area contributed by atoms with Crippen LogP contribution in [0.2, 0.25) is 0 Å². The number of carbonyl (C=O) groups is 1. The van der Waals surface area contributed by atoms with E-state index in [4.69, 9.17) is 5.10 Å². The molecule has 1 fully saturated rings. The predicted molar refractivity (Wildman–Crippen MR) is 128 cm³/mol. The number of nitrogens with zero attached hydrogens (tertiary/aromatic N) is 4. The number of amides is 1. The van der Waals surface area contributed by atoms with Crippen LogP contribution < -0.4 is 10.2 Å². The van der Waals surface area contributed by atoms with Crippen LogP contribution in [0, 0.1) is 6.92 Å². The lowest BCUT2D eigenvalue weighted by Gasteiger charge is -2.36. The number of carbonyl (C=O) groups excluding carboxylic acids is 1. The average molecular weight is 430 g/mol. The highest BCUT2D eigenvalue weighted by Crippen LogP contribution is 2.27. The molecule has 0 atom stereocenters. The Kier molecular flexibility index (Phi) is 5.95. The molecule has 1 aliphatic carbocycles. The maximum atomic E-state index is 12.9. The number of aryl methyl sites for hydroxylation is 1. The van der Waals surface area contributed by atoms with Crippen LogP contribution in [0.3, 0.4) is 0 Å². The molecule has 5 rings (SSSR count). The zero-order chi connectivity index (χ0) is 21.9. The van der Waals surface area contributed by atoms with E-state index < -0.39 is 0 Å². The molecule has 1 N–H and O–H groups in total. The second-order valence-corrected chi connectivity index (χ2v) is 8.80. The molecule has 0 saturated carbocycles. The van der Waals surface area contributed by atoms with Gasteiger partial charge < -0.3 is 10.2 Å². The highest BCUT2D eigenvalue weighted by Gasteiger charge is 2.27. The molecule has 6 heteroatoms. The first-order chi connectivity index (χ1) is 15.7. The highest BCUT2D eigenvalue weighted by atomic mass is 16.2. The van der Waals surface area contributed by atoms with Crippen LogP contribution in [0.15, 0.2) is 54.6 Å². The fourth-order valence-corrected chi connectivity index (χ4v) is 4.87. The second kappa shape index (κ2) is 9.17. The first-order valence-corrected chi connectivity index (χ1v) is 11.7. The van der Waals surface area contributed by atoms with Gasteiger partial charge in [-0.25, -0.2) is 4.68 Å². The highest BCUT2D eigenvalue weighted by molar-refractivity contribution is 5.94. The van der Waals surface area contributed by atoms with Gasteiger partial charge >= 0.3 is 0 Å². The fourth-order valence-electron chi connectivity index (χ4n) is 4.87. The van der Waals surface area contributed by atoms with E-state index in [1.54, 1.807) is 0 Å². The lowest BCUT2D eigenvalue weighted by molar-refractivity contribution is 0.0941. The molecular weight excluding hydrogens is 398 g/mol. The van der Waals surface area contributed by atoms with Crippen LogP contribution in [0.25, 0.3) is 5.69 Å². The first kappa shape index (κ1) is 20.8. The van der Waals surface area contributed by atoms with Crippen molar-refractivity contribution < 1.29 is 4.79 Å². The molecule has 2 aliphatic rings. The molecule has 0 unspecified atom stereocenters. The van der Waals surface area contributed by atoms with E-state index in [9.17, 15) is 4.79 Å². The van der Waals surface area contributed by atoms with E-state index in [0.717, 1.165) is 63.2 Å². The summed E-state index contributed by atoms with van der Waals surface area (Å²) in [6, 6.07) is 18.8. The standard InChI is InChI=1S/C26H31N5O/c1-20-7-5-10-22(19-20)30-17-15-29(16-18-30)14-13-27-26(32)25-23-11-6-12-24(23)31(28-25)21-8-3-2-4-9-21/h2-5,7-10,19H,6,11-18H2,1H3,(H,27,32). The van der Waals surface area contributed by atoms with E-state index in [0.29, 0.717) is 12.2 Å². The molecule has 0 bridgehead atoms. The van der Waals surface area contributed by atoms with Crippen LogP contribution in [0.4, 0.5) is 5.69 Å². The van der Waals surface area contributed by atoms with Crippen LogP contribution in [-0.4, -0.2) is 59.9 Å². The lowest BCUT2D eigenvalue weighted by Crippen LogP contribution is -2.48. The Morgan fingerprint density at radius 1 is 0.969 bits per heavy atom. The Balaban J connectivity index is 1.15. The first-order valence-electron chi connectivity index (χ1n) is 11.7. The van der Waals surface area contributed by atoms with Crippen LogP contribution >= 0.6 is 0 Å². The molecule has 2 aromatic carbocycles. The summed E-state index contributed by atoms with van der Waals surface area (Å²) in [5.41, 5.74) is 6.54. The van der Waals surface area contributed by atoms with Gasteiger partial charge in [0.2, 0.25) is 0 Å². The van der Waals surface area contributed by atoms with E-state index >= 15 is 0 Å². The van der Waals surface area contributed by atoms with Gasteiger partial charge in [-0.1, -0.05) is 30.3 Å². The summed E-state index contributed by atoms with van der Waals surface area (Å²) >= 11 is 0. The van der Waals surface area contributed by atoms with Crippen molar-refractivity contribution in [3.8, 4) is 5.69 Å². The number of hydrogen-bond acceptors (Lipinski definition) is 4. The van der Waals surface area contributed by atoms with Crippen LogP contribution in [0.5, 0.6) is 0 Å². The van der Waals surface area contributed by atoms with Crippen molar-refractivity contribution in [1.82, 2.24) is 20.0 Å². The molecule has 3 aromatic rings. The zero-order valence-corrected chi connectivity index (χ0v) is 18.8. The molecule has 6 nitrogen and oxygen atoms in total. The molecule has 166 valence electrons. The SMILES string of the molecule is Cc1cccc(N2CCN(CCNC(=O)c3nn(-c4ccccc4)c4c3CCC4)CC2)c1. The molecule has 0 radical (unpaired) electrons. The lowest BCUT2D eigenvalue weighted by atomic mass is 10.2. The van der Waals surface area contributed by atoms with Crippen molar-refractivity contribution in [2.24, 2.45) is 0 Å². The number of hydrogen-bond donors (Lipinski definition) is 1. The molecule has 1 saturated heterocycles. The van der Waals surface area contributed by atoms with Crippen molar-refractivity contribution in [3.05, 3.63) is 77.1 Å². The Morgan fingerprint density at radius 2 is 1.75 bits per heavy atom. The summed E-state index contributed by atoms with van der Waals surface area (Å²) in [6.07, 6.45) is 3.01. The second-order valence-electron chi connectivity index (χ2n) is 8.80. The molecule has 32 heavy (non-hydrogen) atoms. The van der Waals surface area contributed by atoms with Gasteiger partial charge in [0.05, 0.1) is 5.69 Å². The maximum Gasteiger partial charge on any atom is 0.272 e. The largest absolute Gasteiger partial charge is 0.369 e. The summed E-state index contributed by atoms with van der Waals surface area (Å²) in [7, 11) is 0. The smallest absolute Gasteiger partial charge is 0.272 e. The molecule has 1 amide bonds. The molecule has 0 spiro atoms. The topological polar surface area (TPSA) is 53.4 Å². The van der Waals surface area contributed by atoms with Crippen molar-refractivity contribution in [2.45, 2.75) is 26.2 Å². The average Bonchev–Trinajstić information content (AvgIpc) is 3.43. The Hall–Kier alpha value is -3.12. The van der Waals surface area contributed by atoms with E-state index in [1.807, 2.05) is 35.0 Å². The van der Waals surface area contributed by atoms with E-state index in [2.05, 4.69) is 46.3 Å². The maximum absolute atomic E-state index is 12.9. The summed E-state index contributed by atoms with van der Waals surface area (Å²) in [6.45, 7) is 7.73. The predicted octanol–water partition coefficient (Wildman–Crippen LogP) is 3.22. The quantitative estimate of drug-likeness (QED) is 0.654. The van der Waals surface area contributed by atoms with Crippen molar-refractivity contribution in [1.29, 1.82) is 0 Å².